The van der Waals surface area contributed by atoms with E-state index in [0.717, 1.165) is 16.6 Å². The number of carboxylic acid groups (broad SMARTS) is 1. The van der Waals surface area contributed by atoms with Crippen molar-refractivity contribution in [3.8, 4) is 0 Å². The van der Waals surface area contributed by atoms with Crippen molar-refractivity contribution in [1.29, 1.82) is 0 Å². The lowest BCUT2D eigenvalue weighted by atomic mass is 10.3. The van der Waals surface area contributed by atoms with E-state index in [-0.39, 0.29) is 18.5 Å². The van der Waals surface area contributed by atoms with Gasteiger partial charge in [0.15, 0.2) is 0 Å². The monoisotopic (exact) mass is 303 g/mol. The molecule has 0 bridgehead atoms. The van der Waals surface area contributed by atoms with Crippen LogP contribution in [0.4, 0.5) is 0 Å². The molecule has 4 nitrogen and oxygen atoms in total. The highest BCUT2D eigenvalue weighted by molar-refractivity contribution is 9.11. The van der Waals surface area contributed by atoms with E-state index in [1.165, 1.54) is 16.2 Å². The van der Waals surface area contributed by atoms with Crippen molar-refractivity contribution >= 4 is 39.1 Å². The second kappa shape index (κ2) is 4.55. The molecule has 1 fully saturated rings. The topological polar surface area (TPSA) is 57.6 Å². The van der Waals surface area contributed by atoms with Gasteiger partial charge in [0, 0.05) is 6.04 Å². The number of halogens is 1. The number of nitrogens with zero attached hydrogens (tertiary/aromatic N) is 1. The highest BCUT2D eigenvalue weighted by Gasteiger charge is 2.34. The average molecular weight is 304 g/mol. The van der Waals surface area contributed by atoms with Crippen LogP contribution in [-0.2, 0) is 4.79 Å². The summed E-state index contributed by atoms with van der Waals surface area (Å²) in [5, 5.41) is 8.76. The number of hydrogen-bond donors (Lipinski definition) is 1. The standard InChI is InChI=1S/C10H10BrNO3S/c11-8-4-3-7(16-8)10(15)12(5-9(13)14)6-1-2-6/h3-4,6H,1-2,5H2,(H,13,14). The Balaban J connectivity index is 2.13. The molecule has 2 rings (SSSR count). The second-order valence-electron chi connectivity index (χ2n) is 3.66. The average Bonchev–Trinajstić information content (AvgIpc) is 2.96. The Morgan fingerprint density at radius 1 is 1.50 bits per heavy atom. The number of hydrogen-bond acceptors (Lipinski definition) is 3. The molecule has 1 N–H and O–H groups in total. The number of thiophene rings is 1. The number of carboxylic acids is 1. The molecule has 1 saturated carbocycles. The van der Waals surface area contributed by atoms with Crippen molar-refractivity contribution in [2.45, 2.75) is 18.9 Å². The first-order chi connectivity index (χ1) is 7.58. The maximum absolute atomic E-state index is 12.0. The van der Waals surface area contributed by atoms with Gasteiger partial charge in [0.1, 0.15) is 6.54 Å². The maximum atomic E-state index is 12.0. The van der Waals surface area contributed by atoms with Crippen LogP contribution < -0.4 is 0 Å². The summed E-state index contributed by atoms with van der Waals surface area (Å²) >= 11 is 4.61. The van der Waals surface area contributed by atoms with E-state index in [0.29, 0.717) is 4.88 Å². The van der Waals surface area contributed by atoms with Crippen LogP contribution in [0.2, 0.25) is 0 Å². The lowest BCUT2D eigenvalue weighted by molar-refractivity contribution is -0.137. The molecule has 1 aromatic rings. The molecule has 16 heavy (non-hydrogen) atoms. The van der Waals surface area contributed by atoms with Gasteiger partial charge in [0.25, 0.3) is 5.91 Å². The Labute approximate surface area is 105 Å². The van der Waals surface area contributed by atoms with Crippen LogP contribution in [0.25, 0.3) is 0 Å². The highest BCUT2D eigenvalue weighted by atomic mass is 79.9. The summed E-state index contributed by atoms with van der Waals surface area (Å²) < 4.78 is 0.877. The highest BCUT2D eigenvalue weighted by Crippen LogP contribution is 2.30. The summed E-state index contributed by atoms with van der Waals surface area (Å²) in [5.41, 5.74) is 0. The van der Waals surface area contributed by atoms with Crippen LogP contribution in [0.1, 0.15) is 22.5 Å². The molecular formula is C10H10BrNO3S. The Morgan fingerprint density at radius 2 is 2.19 bits per heavy atom. The molecule has 0 spiro atoms. The SMILES string of the molecule is O=C(O)CN(C(=O)c1ccc(Br)s1)C1CC1. The fraction of sp³-hybridized carbons (Fsp3) is 0.400. The van der Waals surface area contributed by atoms with Gasteiger partial charge in [0.05, 0.1) is 8.66 Å². The zero-order valence-electron chi connectivity index (χ0n) is 8.35. The summed E-state index contributed by atoms with van der Waals surface area (Å²) in [7, 11) is 0. The first-order valence-electron chi connectivity index (χ1n) is 4.86. The van der Waals surface area contributed by atoms with Crippen molar-refractivity contribution in [1.82, 2.24) is 4.90 Å². The second-order valence-corrected chi connectivity index (χ2v) is 6.12. The van der Waals surface area contributed by atoms with E-state index < -0.39 is 5.97 Å². The van der Waals surface area contributed by atoms with E-state index in [1.54, 1.807) is 12.1 Å². The van der Waals surface area contributed by atoms with Crippen molar-refractivity contribution in [2.24, 2.45) is 0 Å². The molecular weight excluding hydrogens is 294 g/mol. The Hall–Kier alpha value is -0.880. The third-order valence-corrected chi connectivity index (χ3v) is 3.95. The zero-order chi connectivity index (χ0) is 11.7. The summed E-state index contributed by atoms with van der Waals surface area (Å²) in [5.74, 6) is -1.14. The van der Waals surface area contributed by atoms with Gasteiger partial charge in [-0.05, 0) is 40.9 Å². The van der Waals surface area contributed by atoms with Gasteiger partial charge in [-0.15, -0.1) is 11.3 Å². The van der Waals surface area contributed by atoms with Gasteiger partial charge in [-0.3, -0.25) is 9.59 Å². The van der Waals surface area contributed by atoms with Crippen LogP contribution in [-0.4, -0.2) is 34.5 Å². The lowest BCUT2D eigenvalue weighted by Crippen LogP contribution is -2.37. The molecule has 0 aliphatic heterocycles. The molecule has 1 amide bonds. The van der Waals surface area contributed by atoms with E-state index in [4.69, 9.17) is 5.11 Å². The predicted octanol–water partition coefficient (Wildman–Crippen LogP) is 2.20. The molecule has 0 aromatic carbocycles. The molecule has 1 aliphatic rings. The van der Waals surface area contributed by atoms with Gasteiger partial charge >= 0.3 is 5.97 Å². The van der Waals surface area contributed by atoms with Crippen LogP contribution in [0.5, 0.6) is 0 Å². The molecule has 1 aliphatic carbocycles. The summed E-state index contributed by atoms with van der Waals surface area (Å²) in [6.07, 6.45) is 1.82. The third-order valence-electron chi connectivity index (χ3n) is 2.34. The fourth-order valence-corrected chi connectivity index (χ4v) is 2.81. The number of aliphatic carboxylic acids is 1. The minimum atomic E-state index is -0.962. The summed E-state index contributed by atoms with van der Waals surface area (Å²) in [6, 6.07) is 3.63. The Bertz CT molecular complexity index is 427. The quantitative estimate of drug-likeness (QED) is 0.928. The normalized spacial score (nSPS) is 14.8. The smallest absolute Gasteiger partial charge is 0.323 e. The van der Waals surface area contributed by atoms with Crippen LogP contribution in [0, 0.1) is 0 Å². The fourth-order valence-electron chi connectivity index (χ4n) is 1.47. The maximum Gasteiger partial charge on any atom is 0.323 e. The number of amides is 1. The third kappa shape index (κ3) is 2.62. The van der Waals surface area contributed by atoms with Crippen molar-refractivity contribution in [2.75, 3.05) is 6.54 Å². The van der Waals surface area contributed by atoms with Crippen LogP contribution in [0.3, 0.4) is 0 Å². The van der Waals surface area contributed by atoms with E-state index in [1.807, 2.05) is 0 Å². The molecule has 0 saturated heterocycles. The van der Waals surface area contributed by atoms with Crippen molar-refractivity contribution < 1.29 is 14.7 Å². The molecule has 1 aromatic heterocycles. The van der Waals surface area contributed by atoms with Gasteiger partial charge < -0.3 is 10.0 Å². The predicted molar refractivity (Wildman–Crippen MR) is 63.7 cm³/mol. The molecule has 0 radical (unpaired) electrons. The minimum Gasteiger partial charge on any atom is -0.480 e. The van der Waals surface area contributed by atoms with Gasteiger partial charge in [-0.2, -0.15) is 0 Å². The molecule has 6 heteroatoms. The summed E-state index contributed by atoms with van der Waals surface area (Å²) in [6.45, 7) is -0.209. The van der Waals surface area contributed by atoms with Gasteiger partial charge in [0.2, 0.25) is 0 Å². The Kier molecular flexibility index (Phi) is 3.30. The summed E-state index contributed by atoms with van der Waals surface area (Å²) in [4.78, 5) is 24.7. The number of carbonyl (C=O) groups is 2. The molecule has 0 unspecified atom stereocenters. The van der Waals surface area contributed by atoms with E-state index in [2.05, 4.69) is 15.9 Å². The Morgan fingerprint density at radius 3 is 2.62 bits per heavy atom. The first kappa shape index (κ1) is 11.6. The van der Waals surface area contributed by atoms with Crippen LogP contribution in [0.15, 0.2) is 15.9 Å². The molecule has 86 valence electrons. The minimum absolute atomic E-state index is 0.115. The van der Waals surface area contributed by atoms with Gasteiger partial charge in [-0.1, -0.05) is 0 Å². The number of rotatable bonds is 4. The van der Waals surface area contributed by atoms with Crippen LogP contribution >= 0.6 is 27.3 Å². The number of carbonyl (C=O) groups excluding carboxylic acids is 1. The zero-order valence-corrected chi connectivity index (χ0v) is 10.8. The molecule has 0 atom stereocenters. The lowest BCUT2D eigenvalue weighted by Gasteiger charge is -2.19. The van der Waals surface area contributed by atoms with Crippen molar-refractivity contribution in [3.63, 3.8) is 0 Å². The largest absolute Gasteiger partial charge is 0.480 e. The van der Waals surface area contributed by atoms with E-state index >= 15 is 0 Å². The van der Waals surface area contributed by atoms with E-state index in [9.17, 15) is 9.59 Å². The van der Waals surface area contributed by atoms with Crippen molar-refractivity contribution in [3.05, 3.63) is 20.8 Å². The van der Waals surface area contributed by atoms with Gasteiger partial charge in [-0.25, -0.2) is 0 Å². The molecule has 1 heterocycles. The first-order valence-corrected chi connectivity index (χ1v) is 6.47.